The van der Waals surface area contributed by atoms with Crippen molar-refractivity contribution in [1.29, 1.82) is 0 Å². The maximum Gasteiger partial charge on any atom is 0.416 e. The van der Waals surface area contributed by atoms with Gasteiger partial charge in [0.2, 0.25) is 11.8 Å². The lowest BCUT2D eigenvalue weighted by Gasteiger charge is -2.08. The highest BCUT2D eigenvalue weighted by atomic mass is 19.4. The number of allylic oxidation sites excluding steroid dienone is 1. The van der Waals surface area contributed by atoms with Crippen molar-refractivity contribution in [3.63, 3.8) is 0 Å². The highest BCUT2D eigenvalue weighted by molar-refractivity contribution is 6.05. The van der Waals surface area contributed by atoms with Crippen LogP contribution in [0.1, 0.15) is 23.6 Å². The summed E-state index contributed by atoms with van der Waals surface area (Å²) in [4.78, 5) is 23.5. The molecule has 0 saturated carbocycles. The van der Waals surface area contributed by atoms with Crippen molar-refractivity contribution in [2.24, 2.45) is 0 Å². The highest BCUT2D eigenvalue weighted by Crippen LogP contribution is 2.30. The Morgan fingerprint density at radius 3 is 2.50 bits per heavy atom. The first kappa shape index (κ1) is 17.7. The van der Waals surface area contributed by atoms with Gasteiger partial charge in [0.15, 0.2) is 0 Å². The molecule has 1 aliphatic rings. The predicted octanol–water partition coefficient (Wildman–Crippen LogP) is 4.24. The smallest absolute Gasteiger partial charge is 0.326 e. The van der Waals surface area contributed by atoms with Gasteiger partial charge in [-0.3, -0.25) is 9.59 Å². The molecule has 4 nitrogen and oxygen atoms in total. The van der Waals surface area contributed by atoms with E-state index in [1.807, 2.05) is 0 Å². The van der Waals surface area contributed by atoms with E-state index >= 15 is 0 Å². The molecule has 7 heteroatoms. The molecule has 1 heterocycles. The summed E-state index contributed by atoms with van der Waals surface area (Å²) in [5.74, 6) is -0.499. The molecule has 0 radical (unpaired) electrons. The van der Waals surface area contributed by atoms with Gasteiger partial charge in [-0.05, 0) is 54.0 Å². The Hall–Kier alpha value is -3.09. The lowest BCUT2D eigenvalue weighted by Crippen LogP contribution is -2.09. The van der Waals surface area contributed by atoms with Crippen LogP contribution in [-0.2, 0) is 22.2 Å². The summed E-state index contributed by atoms with van der Waals surface area (Å²) in [7, 11) is 0. The molecule has 0 atom stereocenters. The number of hydrogen-bond donors (Lipinski definition) is 2. The third kappa shape index (κ3) is 3.93. The molecule has 2 amide bonds. The largest absolute Gasteiger partial charge is 0.416 e. The quantitative estimate of drug-likeness (QED) is 0.805. The van der Waals surface area contributed by atoms with Crippen LogP contribution in [0.25, 0.3) is 5.57 Å². The average Bonchev–Trinajstić information content (AvgIpc) is 2.93. The first-order chi connectivity index (χ1) is 12.2. The average molecular weight is 360 g/mol. The van der Waals surface area contributed by atoms with Gasteiger partial charge >= 0.3 is 6.18 Å². The fraction of sp³-hybridized carbons (Fsp3) is 0.158. The van der Waals surface area contributed by atoms with Crippen LogP contribution >= 0.6 is 0 Å². The summed E-state index contributed by atoms with van der Waals surface area (Å²) in [6.45, 7) is 1.65. The standard InChI is InChI=1S/C19H15F3N2O2/c1-11(12-2-4-14(5-3-12)19(20,21)22)8-17(25)23-15-6-7-16-13(9-15)10-18(26)24-16/h2-9H,10H2,1H3,(H,23,25)(H,24,26). The number of carbonyl (C=O) groups excluding carboxylic acids is 2. The van der Waals surface area contributed by atoms with Gasteiger partial charge in [0.1, 0.15) is 0 Å². The first-order valence-electron chi connectivity index (χ1n) is 7.82. The molecule has 0 saturated heterocycles. The van der Waals surface area contributed by atoms with E-state index < -0.39 is 17.6 Å². The van der Waals surface area contributed by atoms with Crippen molar-refractivity contribution in [2.75, 3.05) is 10.6 Å². The van der Waals surface area contributed by atoms with Crippen molar-refractivity contribution in [2.45, 2.75) is 19.5 Å². The van der Waals surface area contributed by atoms with Crippen molar-refractivity contribution < 1.29 is 22.8 Å². The van der Waals surface area contributed by atoms with Crippen molar-refractivity contribution in [3.05, 3.63) is 65.2 Å². The lowest BCUT2D eigenvalue weighted by atomic mass is 10.0. The van der Waals surface area contributed by atoms with Gasteiger partial charge in [0.05, 0.1) is 12.0 Å². The van der Waals surface area contributed by atoms with Gasteiger partial charge in [-0.2, -0.15) is 13.2 Å². The number of carbonyl (C=O) groups is 2. The normalized spacial score (nSPS) is 14.0. The second kappa shape index (κ2) is 6.67. The Morgan fingerprint density at radius 1 is 1.15 bits per heavy atom. The maximum absolute atomic E-state index is 12.6. The molecule has 0 unspecified atom stereocenters. The minimum absolute atomic E-state index is 0.0958. The molecular formula is C19H15F3N2O2. The number of hydrogen-bond acceptors (Lipinski definition) is 2. The van der Waals surface area contributed by atoms with Crippen LogP contribution in [0.5, 0.6) is 0 Å². The zero-order valence-corrected chi connectivity index (χ0v) is 13.8. The maximum atomic E-state index is 12.6. The first-order valence-corrected chi connectivity index (χ1v) is 7.82. The van der Waals surface area contributed by atoms with Crippen molar-refractivity contribution in [3.8, 4) is 0 Å². The second-order valence-corrected chi connectivity index (χ2v) is 5.99. The van der Waals surface area contributed by atoms with Crippen molar-refractivity contribution in [1.82, 2.24) is 0 Å². The molecule has 0 aromatic heterocycles. The summed E-state index contributed by atoms with van der Waals surface area (Å²) in [6.07, 6.45) is -2.81. The number of amides is 2. The molecule has 0 fully saturated rings. The van der Waals surface area contributed by atoms with Gasteiger partial charge in [0.25, 0.3) is 0 Å². The molecule has 2 N–H and O–H groups in total. The van der Waals surface area contributed by atoms with Crippen LogP contribution < -0.4 is 10.6 Å². The Kier molecular flexibility index (Phi) is 4.54. The van der Waals surface area contributed by atoms with E-state index in [2.05, 4.69) is 10.6 Å². The van der Waals surface area contributed by atoms with Crippen LogP contribution in [-0.4, -0.2) is 11.8 Å². The molecule has 2 aromatic carbocycles. The topological polar surface area (TPSA) is 58.2 Å². The Morgan fingerprint density at radius 2 is 1.85 bits per heavy atom. The van der Waals surface area contributed by atoms with Gasteiger partial charge in [-0.15, -0.1) is 0 Å². The molecule has 0 aliphatic carbocycles. The predicted molar refractivity (Wildman–Crippen MR) is 92.5 cm³/mol. The van der Waals surface area contributed by atoms with Gasteiger partial charge < -0.3 is 10.6 Å². The fourth-order valence-corrected chi connectivity index (χ4v) is 2.69. The number of benzene rings is 2. The van der Waals surface area contributed by atoms with Crippen LogP contribution in [0, 0.1) is 0 Å². The van der Waals surface area contributed by atoms with Crippen LogP contribution in [0.3, 0.4) is 0 Å². The van der Waals surface area contributed by atoms with E-state index in [9.17, 15) is 22.8 Å². The number of nitrogens with one attached hydrogen (secondary N) is 2. The summed E-state index contributed by atoms with van der Waals surface area (Å²) < 4.78 is 37.8. The number of fused-ring (bicyclic) bond motifs is 1. The van der Waals surface area contributed by atoms with Crippen LogP contribution in [0.15, 0.2) is 48.5 Å². The number of alkyl halides is 3. The minimum Gasteiger partial charge on any atom is -0.326 e. The number of rotatable bonds is 3. The van der Waals surface area contributed by atoms with Gasteiger partial charge in [-0.25, -0.2) is 0 Å². The molecule has 2 aromatic rings. The van der Waals surface area contributed by atoms with E-state index in [0.29, 0.717) is 16.8 Å². The summed E-state index contributed by atoms with van der Waals surface area (Å²) in [5.41, 5.74) is 2.40. The molecule has 26 heavy (non-hydrogen) atoms. The van der Waals surface area contributed by atoms with E-state index in [1.165, 1.54) is 18.2 Å². The second-order valence-electron chi connectivity index (χ2n) is 5.99. The highest BCUT2D eigenvalue weighted by Gasteiger charge is 2.29. The fourth-order valence-electron chi connectivity index (χ4n) is 2.69. The lowest BCUT2D eigenvalue weighted by molar-refractivity contribution is -0.137. The van der Waals surface area contributed by atoms with Crippen LogP contribution in [0.4, 0.5) is 24.5 Å². The number of anilines is 2. The molecule has 3 rings (SSSR count). The zero-order chi connectivity index (χ0) is 18.9. The monoisotopic (exact) mass is 360 g/mol. The Labute approximate surface area is 147 Å². The SMILES string of the molecule is CC(=CC(=O)Nc1ccc2c(c1)CC(=O)N2)c1ccc(C(F)(F)F)cc1. The summed E-state index contributed by atoms with van der Waals surface area (Å²) in [5, 5.41) is 5.39. The van der Waals surface area contributed by atoms with E-state index in [-0.39, 0.29) is 12.3 Å². The molecule has 0 spiro atoms. The molecule has 1 aliphatic heterocycles. The van der Waals surface area contributed by atoms with Gasteiger partial charge in [0, 0.05) is 17.5 Å². The minimum atomic E-state index is -4.39. The molecular weight excluding hydrogens is 345 g/mol. The van der Waals surface area contributed by atoms with Crippen molar-refractivity contribution >= 4 is 28.8 Å². The van der Waals surface area contributed by atoms with Crippen LogP contribution in [0.2, 0.25) is 0 Å². The third-order valence-corrected chi connectivity index (χ3v) is 4.01. The molecule has 134 valence electrons. The Bertz CT molecular complexity index is 900. The van der Waals surface area contributed by atoms with E-state index in [4.69, 9.17) is 0 Å². The third-order valence-electron chi connectivity index (χ3n) is 4.01. The van der Waals surface area contributed by atoms with E-state index in [1.54, 1.807) is 25.1 Å². The summed E-state index contributed by atoms with van der Waals surface area (Å²) >= 11 is 0. The molecule has 0 bridgehead atoms. The Balaban J connectivity index is 1.70. The summed E-state index contributed by atoms with van der Waals surface area (Å²) in [6, 6.07) is 9.71. The van der Waals surface area contributed by atoms with E-state index in [0.717, 1.165) is 23.4 Å². The number of halogens is 3. The van der Waals surface area contributed by atoms with Gasteiger partial charge in [-0.1, -0.05) is 12.1 Å². The zero-order valence-electron chi connectivity index (χ0n) is 13.8.